The normalized spacial score (nSPS) is 10.6. The summed E-state index contributed by atoms with van der Waals surface area (Å²) in [6.45, 7) is 5.68. The predicted molar refractivity (Wildman–Crippen MR) is 87.2 cm³/mol. The van der Waals surface area contributed by atoms with Crippen LogP contribution in [0.1, 0.15) is 22.3 Å². The third-order valence-electron chi connectivity index (χ3n) is 3.41. The van der Waals surface area contributed by atoms with E-state index in [1.165, 1.54) is 22.3 Å². The monoisotopic (exact) mass is 333 g/mol. The van der Waals surface area contributed by atoms with Gasteiger partial charge in [-0.1, -0.05) is 34.1 Å². The van der Waals surface area contributed by atoms with E-state index in [0.29, 0.717) is 6.61 Å². The summed E-state index contributed by atoms with van der Waals surface area (Å²) >= 11 is 3.56. The largest absolute Gasteiger partial charge is 0.489 e. The SMILES string of the molecule is CNCc1cc(OCc2c(C)cccc2C)ccc1Br. The summed E-state index contributed by atoms with van der Waals surface area (Å²) in [4.78, 5) is 0. The lowest BCUT2D eigenvalue weighted by atomic mass is 10.0. The molecule has 0 amide bonds. The van der Waals surface area contributed by atoms with Gasteiger partial charge in [-0.25, -0.2) is 0 Å². The molecule has 2 rings (SSSR count). The van der Waals surface area contributed by atoms with Crippen LogP contribution in [0.3, 0.4) is 0 Å². The average Bonchev–Trinajstić information content (AvgIpc) is 2.42. The van der Waals surface area contributed by atoms with Crippen molar-refractivity contribution in [2.45, 2.75) is 27.0 Å². The van der Waals surface area contributed by atoms with Crippen LogP contribution in [-0.2, 0) is 13.2 Å². The fraction of sp³-hybridized carbons (Fsp3) is 0.294. The molecule has 0 spiro atoms. The second-order valence-electron chi connectivity index (χ2n) is 4.94. The Morgan fingerprint density at radius 1 is 1.10 bits per heavy atom. The van der Waals surface area contributed by atoms with Gasteiger partial charge in [-0.15, -0.1) is 0 Å². The Labute approximate surface area is 129 Å². The van der Waals surface area contributed by atoms with E-state index in [4.69, 9.17) is 4.74 Å². The Hall–Kier alpha value is -1.32. The summed E-state index contributed by atoms with van der Waals surface area (Å²) in [6.07, 6.45) is 0. The van der Waals surface area contributed by atoms with E-state index in [9.17, 15) is 0 Å². The van der Waals surface area contributed by atoms with Crippen LogP contribution in [0.5, 0.6) is 5.75 Å². The Morgan fingerprint density at radius 3 is 2.45 bits per heavy atom. The summed E-state index contributed by atoms with van der Waals surface area (Å²) in [5, 5.41) is 3.16. The van der Waals surface area contributed by atoms with Gasteiger partial charge in [0.05, 0.1) is 0 Å². The molecule has 2 aromatic carbocycles. The molecule has 106 valence electrons. The fourth-order valence-electron chi connectivity index (χ4n) is 2.20. The van der Waals surface area contributed by atoms with Crippen LogP contribution in [0.25, 0.3) is 0 Å². The van der Waals surface area contributed by atoms with Gasteiger partial charge in [-0.05, 0) is 61.3 Å². The summed E-state index contributed by atoms with van der Waals surface area (Å²) in [5.41, 5.74) is 5.02. The topological polar surface area (TPSA) is 21.3 Å². The minimum atomic E-state index is 0.610. The molecule has 2 aromatic rings. The first-order valence-corrected chi connectivity index (χ1v) is 7.52. The second-order valence-corrected chi connectivity index (χ2v) is 5.80. The number of benzene rings is 2. The molecular formula is C17H20BrNO. The fourth-order valence-corrected chi connectivity index (χ4v) is 2.59. The zero-order valence-corrected chi connectivity index (χ0v) is 13.8. The summed E-state index contributed by atoms with van der Waals surface area (Å²) in [5.74, 6) is 0.904. The lowest BCUT2D eigenvalue weighted by Crippen LogP contribution is -2.06. The standard InChI is InChI=1S/C17H20BrNO/c1-12-5-4-6-13(2)16(12)11-20-15-7-8-17(18)14(9-15)10-19-3/h4-9,19H,10-11H2,1-3H3. The first-order chi connectivity index (χ1) is 9.61. The lowest BCUT2D eigenvalue weighted by molar-refractivity contribution is 0.304. The molecule has 1 N–H and O–H groups in total. The van der Waals surface area contributed by atoms with Crippen LogP contribution < -0.4 is 10.1 Å². The first kappa shape index (κ1) is 15.1. The van der Waals surface area contributed by atoms with Gasteiger partial charge in [0.15, 0.2) is 0 Å². The Kier molecular flexibility index (Phi) is 5.21. The van der Waals surface area contributed by atoms with E-state index < -0.39 is 0 Å². The highest BCUT2D eigenvalue weighted by molar-refractivity contribution is 9.10. The molecule has 2 nitrogen and oxygen atoms in total. The smallest absolute Gasteiger partial charge is 0.120 e. The van der Waals surface area contributed by atoms with Crippen molar-refractivity contribution in [3.8, 4) is 5.75 Å². The second kappa shape index (κ2) is 6.91. The number of ether oxygens (including phenoxy) is 1. The van der Waals surface area contributed by atoms with Gasteiger partial charge >= 0.3 is 0 Å². The summed E-state index contributed by atoms with van der Waals surface area (Å²) in [7, 11) is 1.94. The van der Waals surface area contributed by atoms with E-state index in [-0.39, 0.29) is 0 Å². The molecule has 0 aliphatic rings. The minimum absolute atomic E-state index is 0.610. The maximum atomic E-state index is 5.95. The predicted octanol–water partition coefficient (Wildman–Crippen LogP) is 4.36. The molecule has 0 aliphatic heterocycles. The van der Waals surface area contributed by atoms with E-state index in [2.05, 4.69) is 59.4 Å². The number of hydrogen-bond acceptors (Lipinski definition) is 2. The lowest BCUT2D eigenvalue weighted by Gasteiger charge is -2.13. The maximum absolute atomic E-state index is 5.95. The van der Waals surface area contributed by atoms with Crippen LogP contribution in [-0.4, -0.2) is 7.05 Å². The Morgan fingerprint density at radius 2 is 1.80 bits per heavy atom. The Balaban J connectivity index is 2.13. The van der Waals surface area contributed by atoms with Gasteiger partial charge in [0, 0.05) is 11.0 Å². The van der Waals surface area contributed by atoms with Crippen LogP contribution in [0.2, 0.25) is 0 Å². The van der Waals surface area contributed by atoms with Gasteiger partial charge in [0.1, 0.15) is 12.4 Å². The van der Waals surface area contributed by atoms with Gasteiger partial charge in [-0.2, -0.15) is 0 Å². The molecule has 0 fully saturated rings. The zero-order valence-electron chi connectivity index (χ0n) is 12.2. The molecule has 0 unspecified atom stereocenters. The molecule has 0 radical (unpaired) electrons. The van der Waals surface area contributed by atoms with E-state index in [1.807, 2.05) is 19.2 Å². The number of nitrogens with one attached hydrogen (secondary N) is 1. The molecule has 0 atom stereocenters. The molecule has 0 heterocycles. The third kappa shape index (κ3) is 3.62. The van der Waals surface area contributed by atoms with Crippen molar-refractivity contribution in [3.63, 3.8) is 0 Å². The molecular weight excluding hydrogens is 314 g/mol. The van der Waals surface area contributed by atoms with Crippen molar-refractivity contribution in [1.29, 1.82) is 0 Å². The Bertz CT molecular complexity index is 575. The molecule has 0 saturated heterocycles. The third-order valence-corrected chi connectivity index (χ3v) is 4.19. The average molecular weight is 334 g/mol. The summed E-state index contributed by atoms with van der Waals surface area (Å²) < 4.78 is 7.05. The highest BCUT2D eigenvalue weighted by atomic mass is 79.9. The van der Waals surface area contributed by atoms with Crippen molar-refractivity contribution >= 4 is 15.9 Å². The zero-order chi connectivity index (χ0) is 14.5. The molecule has 20 heavy (non-hydrogen) atoms. The molecule has 3 heteroatoms. The van der Waals surface area contributed by atoms with Crippen LogP contribution in [0.15, 0.2) is 40.9 Å². The van der Waals surface area contributed by atoms with E-state index in [0.717, 1.165) is 16.8 Å². The van der Waals surface area contributed by atoms with Crippen LogP contribution >= 0.6 is 15.9 Å². The highest BCUT2D eigenvalue weighted by Crippen LogP contribution is 2.24. The maximum Gasteiger partial charge on any atom is 0.120 e. The van der Waals surface area contributed by atoms with Crippen molar-refractivity contribution in [1.82, 2.24) is 5.32 Å². The first-order valence-electron chi connectivity index (χ1n) is 6.72. The van der Waals surface area contributed by atoms with Crippen molar-refractivity contribution in [2.75, 3.05) is 7.05 Å². The molecule has 0 saturated carbocycles. The van der Waals surface area contributed by atoms with Crippen molar-refractivity contribution in [3.05, 3.63) is 63.1 Å². The number of aryl methyl sites for hydroxylation is 2. The number of rotatable bonds is 5. The highest BCUT2D eigenvalue weighted by Gasteiger charge is 2.05. The molecule has 0 aromatic heterocycles. The van der Waals surface area contributed by atoms with Crippen molar-refractivity contribution in [2.24, 2.45) is 0 Å². The van der Waals surface area contributed by atoms with Gasteiger partial charge < -0.3 is 10.1 Å². The van der Waals surface area contributed by atoms with Crippen LogP contribution in [0, 0.1) is 13.8 Å². The molecule has 0 aliphatic carbocycles. The van der Waals surface area contributed by atoms with Crippen LogP contribution in [0.4, 0.5) is 0 Å². The van der Waals surface area contributed by atoms with Gasteiger partial charge in [-0.3, -0.25) is 0 Å². The quantitative estimate of drug-likeness (QED) is 0.877. The van der Waals surface area contributed by atoms with Crippen molar-refractivity contribution < 1.29 is 4.74 Å². The van der Waals surface area contributed by atoms with Gasteiger partial charge in [0.2, 0.25) is 0 Å². The minimum Gasteiger partial charge on any atom is -0.489 e. The van der Waals surface area contributed by atoms with Gasteiger partial charge in [0.25, 0.3) is 0 Å². The van der Waals surface area contributed by atoms with E-state index >= 15 is 0 Å². The summed E-state index contributed by atoms with van der Waals surface area (Å²) in [6, 6.07) is 12.4. The number of halogens is 1. The molecule has 0 bridgehead atoms. The number of hydrogen-bond donors (Lipinski definition) is 1. The van der Waals surface area contributed by atoms with E-state index in [1.54, 1.807) is 0 Å².